The van der Waals surface area contributed by atoms with Crippen molar-refractivity contribution in [1.82, 2.24) is 5.32 Å². The molecular formula is C22H19BrN2O3S. The molecule has 0 unspecified atom stereocenters. The number of hydrogen-bond acceptors (Lipinski definition) is 4. The molecule has 3 aromatic rings. The van der Waals surface area contributed by atoms with E-state index >= 15 is 0 Å². The van der Waals surface area contributed by atoms with Crippen LogP contribution in [0.5, 0.6) is 11.5 Å². The quantitative estimate of drug-likeness (QED) is 0.354. The highest BCUT2D eigenvalue weighted by Gasteiger charge is 2.10. The van der Waals surface area contributed by atoms with Crippen molar-refractivity contribution in [3.05, 3.63) is 87.9 Å². The van der Waals surface area contributed by atoms with Crippen LogP contribution in [0.2, 0.25) is 0 Å². The number of halogens is 1. The fraction of sp³-hybridized carbons (Fsp3) is 0.0909. The van der Waals surface area contributed by atoms with Crippen molar-refractivity contribution in [2.45, 2.75) is 13.5 Å². The molecule has 0 aliphatic heterocycles. The first-order chi connectivity index (χ1) is 13.9. The molecule has 1 amide bonds. The Morgan fingerprint density at radius 3 is 2.45 bits per heavy atom. The first-order valence-electron chi connectivity index (χ1n) is 8.80. The summed E-state index contributed by atoms with van der Waals surface area (Å²) in [5.41, 5.74) is 2.87. The molecule has 5 nitrogen and oxygen atoms in total. The predicted molar refractivity (Wildman–Crippen MR) is 121 cm³/mol. The second kappa shape index (κ2) is 9.54. The number of ether oxygens (including phenoxy) is 1. The van der Waals surface area contributed by atoms with E-state index in [0.717, 1.165) is 5.56 Å². The number of carbonyl (C=O) groups excluding carboxylic acids is 1. The molecular weight excluding hydrogens is 452 g/mol. The summed E-state index contributed by atoms with van der Waals surface area (Å²) in [5.74, 6) is 0.516. The van der Waals surface area contributed by atoms with Gasteiger partial charge in [0.05, 0.1) is 4.47 Å². The van der Waals surface area contributed by atoms with Crippen molar-refractivity contribution in [2.24, 2.45) is 0 Å². The number of aryl methyl sites for hydroxylation is 1. The van der Waals surface area contributed by atoms with Crippen molar-refractivity contribution >= 4 is 44.9 Å². The average Bonchev–Trinajstić information content (AvgIpc) is 2.71. The SMILES string of the molecule is Cc1cc(NC(=S)NC(=O)c2ccc(OCc3ccccc3)cc2)cc(Br)c1O. The Kier molecular flexibility index (Phi) is 6.85. The molecule has 29 heavy (non-hydrogen) atoms. The summed E-state index contributed by atoms with van der Waals surface area (Å²) in [7, 11) is 0. The van der Waals surface area contributed by atoms with Gasteiger partial charge in [-0.2, -0.15) is 0 Å². The Morgan fingerprint density at radius 1 is 1.10 bits per heavy atom. The van der Waals surface area contributed by atoms with Gasteiger partial charge in [0.15, 0.2) is 5.11 Å². The minimum absolute atomic E-state index is 0.163. The van der Waals surface area contributed by atoms with E-state index in [1.54, 1.807) is 43.3 Å². The Labute approximate surface area is 182 Å². The molecule has 0 fully saturated rings. The van der Waals surface area contributed by atoms with Gasteiger partial charge in [-0.1, -0.05) is 30.3 Å². The molecule has 0 bridgehead atoms. The van der Waals surface area contributed by atoms with Gasteiger partial charge in [-0.25, -0.2) is 0 Å². The third-order valence-corrected chi connectivity index (χ3v) is 4.91. The third kappa shape index (κ3) is 5.79. The van der Waals surface area contributed by atoms with Crippen LogP contribution in [-0.2, 0) is 6.61 Å². The van der Waals surface area contributed by atoms with Crippen LogP contribution in [0.25, 0.3) is 0 Å². The predicted octanol–water partition coefficient (Wildman–Crippen LogP) is 5.17. The van der Waals surface area contributed by atoms with E-state index in [0.29, 0.717) is 33.6 Å². The first kappa shape index (κ1) is 20.8. The zero-order chi connectivity index (χ0) is 20.8. The highest BCUT2D eigenvalue weighted by molar-refractivity contribution is 9.10. The van der Waals surface area contributed by atoms with Crippen LogP contribution in [0.15, 0.2) is 71.2 Å². The molecule has 0 saturated carbocycles. The molecule has 3 N–H and O–H groups in total. The topological polar surface area (TPSA) is 70.6 Å². The van der Waals surface area contributed by atoms with Crippen LogP contribution in [0, 0.1) is 6.92 Å². The van der Waals surface area contributed by atoms with Gasteiger partial charge in [-0.3, -0.25) is 10.1 Å². The van der Waals surface area contributed by atoms with Crippen molar-refractivity contribution < 1.29 is 14.6 Å². The maximum absolute atomic E-state index is 12.4. The number of phenols is 1. The monoisotopic (exact) mass is 470 g/mol. The van der Waals surface area contributed by atoms with Gasteiger partial charge in [0.25, 0.3) is 5.91 Å². The molecule has 0 aliphatic rings. The maximum Gasteiger partial charge on any atom is 0.257 e. The van der Waals surface area contributed by atoms with E-state index in [2.05, 4.69) is 26.6 Å². The lowest BCUT2D eigenvalue weighted by molar-refractivity contribution is 0.0977. The Morgan fingerprint density at radius 2 is 1.79 bits per heavy atom. The zero-order valence-electron chi connectivity index (χ0n) is 15.6. The van der Waals surface area contributed by atoms with Crippen LogP contribution < -0.4 is 15.4 Å². The standard InChI is InChI=1S/C22H19BrN2O3S/c1-14-11-17(12-19(23)20(14)26)24-22(29)25-21(27)16-7-9-18(10-8-16)28-13-15-5-3-2-4-6-15/h2-12,26H,13H2,1H3,(H2,24,25,27,29). The summed E-state index contributed by atoms with van der Waals surface area (Å²) >= 11 is 8.48. The Hall–Kier alpha value is -2.90. The largest absolute Gasteiger partial charge is 0.506 e. The molecule has 148 valence electrons. The van der Waals surface area contributed by atoms with Crippen LogP contribution in [0.3, 0.4) is 0 Å². The summed E-state index contributed by atoms with van der Waals surface area (Å²) < 4.78 is 6.27. The van der Waals surface area contributed by atoms with Gasteiger partial charge in [-0.15, -0.1) is 0 Å². The number of amides is 1. The van der Waals surface area contributed by atoms with Crippen LogP contribution in [-0.4, -0.2) is 16.1 Å². The highest BCUT2D eigenvalue weighted by atomic mass is 79.9. The lowest BCUT2D eigenvalue weighted by Gasteiger charge is -2.12. The van der Waals surface area contributed by atoms with Gasteiger partial charge in [0.1, 0.15) is 18.1 Å². The van der Waals surface area contributed by atoms with Crippen molar-refractivity contribution in [3.63, 3.8) is 0 Å². The Balaban J connectivity index is 1.55. The number of benzene rings is 3. The van der Waals surface area contributed by atoms with E-state index in [-0.39, 0.29) is 16.8 Å². The lowest BCUT2D eigenvalue weighted by Crippen LogP contribution is -2.34. The number of thiocarbonyl (C=S) groups is 1. The van der Waals surface area contributed by atoms with Gasteiger partial charge >= 0.3 is 0 Å². The van der Waals surface area contributed by atoms with Crippen molar-refractivity contribution in [3.8, 4) is 11.5 Å². The molecule has 0 atom stereocenters. The maximum atomic E-state index is 12.4. The summed E-state index contributed by atoms with van der Waals surface area (Å²) in [6.07, 6.45) is 0. The number of hydrogen-bond donors (Lipinski definition) is 3. The number of rotatable bonds is 5. The molecule has 7 heteroatoms. The summed E-state index contributed by atoms with van der Waals surface area (Å²) in [5, 5.41) is 15.5. The Bertz CT molecular complexity index is 1000. The van der Waals surface area contributed by atoms with E-state index in [4.69, 9.17) is 17.0 Å². The molecule has 0 heterocycles. The summed E-state index contributed by atoms with van der Waals surface area (Å²) in [6, 6.07) is 20.1. The molecule has 0 aliphatic carbocycles. The second-order valence-electron chi connectivity index (χ2n) is 6.33. The fourth-order valence-corrected chi connectivity index (χ4v) is 3.36. The minimum atomic E-state index is -0.327. The number of aromatic hydroxyl groups is 1. The normalized spacial score (nSPS) is 10.3. The number of phenolic OH excluding ortho intramolecular Hbond substituents is 1. The highest BCUT2D eigenvalue weighted by Crippen LogP contribution is 2.30. The summed E-state index contributed by atoms with van der Waals surface area (Å²) in [4.78, 5) is 12.4. The van der Waals surface area contributed by atoms with E-state index < -0.39 is 0 Å². The second-order valence-corrected chi connectivity index (χ2v) is 7.59. The van der Waals surface area contributed by atoms with Crippen molar-refractivity contribution in [2.75, 3.05) is 5.32 Å². The number of carbonyl (C=O) groups is 1. The smallest absolute Gasteiger partial charge is 0.257 e. The zero-order valence-corrected chi connectivity index (χ0v) is 18.0. The average molecular weight is 471 g/mol. The summed E-state index contributed by atoms with van der Waals surface area (Å²) in [6.45, 7) is 2.23. The molecule has 3 rings (SSSR count). The van der Waals surface area contributed by atoms with E-state index in [9.17, 15) is 9.90 Å². The van der Waals surface area contributed by atoms with E-state index in [1.165, 1.54) is 0 Å². The molecule has 0 saturated heterocycles. The fourth-order valence-electron chi connectivity index (χ4n) is 2.59. The van der Waals surface area contributed by atoms with Gasteiger partial charge in [0, 0.05) is 11.3 Å². The lowest BCUT2D eigenvalue weighted by atomic mass is 10.2. The van der Waals surface area contributed by atoms with Gasteiger partial charge < -0.3 is 15.2 Å². The van der Waals surface area contributed by atoms with Crippen molar-refractivity contribution in [1.29, 1.82) is 0 Å². The first-order valence-corrected chi connectivity index (χ1v) is 10.0. The van der Waals surface area contributed by atoms with E-state index in [1.807, 2.05) is 30.3 Å². The molecule has 0 spiro atoms. The molecule has 0 radical (unpaired) electrons. The molecule has 3 aromatic carbocycles. The number of nitrogens with one attached hydrogen (secondary N) is 2. The van der Waals surface area contributed by atoms with Crippen LogP contribution >= 0.6 is 28.1 Å². The number of anilines is 1. The minimum Gasteiger partial charge on any atom is -0.506 e. The van der Waals surface area contributed by atoms with Crippen LogP contribution in [0.4, 0.5) is 5.69 Å². The molecule has 0 aromatic heterocycles. The van der Waals surface area contributed by atoms with Gasteiger partial charge in [0.2, 0.25) is 0 Å². The van der Waals surface area contributed by atoms with Gasteiger partial charge in [-0.05, 0) is 82.6 Å². The van der Waals surface area contributed by atoms with Crippen LogP contribution in [0.1, 0.15) is 21.5 Å². The third-order valence-electron chi connectivity index (χ3n) is 4.10.